The summed E-state index contributed by atoms with van der Waals surface area (Å²) in [6, 6.07) is 2.49. The molecule has 6 heteroatoms. The van der Waals surface area contributed by atoms with Crippen LogP contribution >= 0.6 is 11.6 Å². The molecule has 2 N–H and O–H groups in total. The lowest BCUT2D eigenvalue weighted by molar-refractivity contribution is -0.137. The van der Waals surface area contributed by atoms with E-state index in [2.05, 4.69) is 0 Å². The van der Waals surface area contributed by atoms with Crippen molar-refractivity contribution in [1.29, 1.82) is 0 Å². The summed E-state index contributed by atoms with van der Waals surface area (Å²) in [5.41, 5.74) is 6.65. The van der Waals surface area contributed by atoms with Crippen molar-refractivity contribution in [3.8, 4) is 0 Å². The van der Waals surface area contributed by atoms with Gasteiger partial charge in [-0.1, -0.05) is 11.6 Å². The summed E-state index contributed by atoms with van der Waals surface area (Å²) in [6.45, 7) is 0.227. The molecule has 0 atom stereocenters. The van der Waals surface area contributed by atoms with Crippen molar-refractivity contribution < 1.29 is 17.6 Å². The number of benzene rings is 1. The van der Waals surface area contributed by atoms with Gasteiger partial charge in [-0.3, -0.25) is 0 Å². The van der Waals surface area contributed by atoms with Crippen LogP contribution in [-0.2, 0) is 12.6 Å². The normalized spacial score (nSPS) is 12.9. The lowest BCUT2D eigenvalue weighted by Gasteiger charge is -2.10. The van der Waals surface area contributed by atoms with Crippen LogP contribution in [0.4, 0.5) is 17.6 Å². The fourth-order valence-corrected chi connectivity index (χ4v) is 1.66. The summed E-state index contributed by atoms with van der Waals surface area (Å²) in [6.07, 6.45) is -3.88. The van der Waals surface area contributed by atoms with Crippen molar-refractivity contribution in [2.45, 2.75) is 19.0 Å². The lowest BCUT2D eigenvalue weighted by Crippen LogP contribution is -2.07. The number of hydrogen-bond acceptors (Lipinski definition) is 1. The third-order valence-electron chi connectivity index (χ3n) is 2.44. The summed E-state index contributed by atoms with van der Waals surface area (Å²) in [5, 5.41) is 0. The lowest BCUT2D eigenvalue weighted by atomic mass is 10.0. The molecule has 1 rings (SSSR count). The van der Waals surface area contributed by atoms with Crippen molar-refractivity contribution in [3.05, 3.63) is 46.3 Å². The first kappa shape index (κ1) is 15.0. The van der Waals surface area contributed by atoms with Gasteiger partial charge in [0.2, 0.25) is 0 Å². The molecule has 0 aliphatic rings. The van der Waals surface area contributed by atoms with Crippen molar-refractivity contribution in [2.24, 2.45) is 5.73 Å². The molecule has 0 aliphatic carbocycles. The number of nitrogens with two attached hydrogens (primary N) is 1. The Balaban J connectivity index is 2.87. The highest BCUT2D eigenvalue weighted by Gasteiger charge is 2.31. The van der Waals surface area contributed by atoms with E-state index in [0.29, 0.717) is 18.1 Å². The topological polar surface area (TPSA) is 26.0 Å². The summed E-state index contributed by atoms with van der Waals surface area (Å²) in [4.78, 5) is 0. The van der Waals surface area contributed by atoms with E-state index in [9.17, 15) is 17.6 Å². The maximum Gasteiger partial charge on any atom is 0.416 e. The molecule has 0 unspecified atom stereocenters. The number of hydrogen-bond donors (Lipinski definition) is 1. The second kappa shape index (κ2) is 6.20. The minimum absolute atomic E-state index is 0.227. The van der Waals surface area contributed by atoms with Gasteiger partial charge >= 0.3 is 6.18 Å². The van der Waals surface area contributed by atoms with E-state index in [-0.39, 0.29) is 18.5 Å². The van der Waals surface area contributed by atoms with Crippen LogP contribution in [0.25, 0.3) is 0 Å². The smallest absolute Gasteiger partial charge is 0.327 e. The average molecular weight is 282 g/mol. The van der Waals surface area contributed by atoms with Gasteiger partial charge in [-0.25, -0.2) is 4.39 Å². The van der Waals surface area contributed by atoms with E-state index in [0.717, 1.165) is 12.1 Å². The molecule has 0 spiro atoms. The van der Waals surface area contributed by atoms with Gasteiger partial charge in [-0.05, 0) is 42.2 Å². The molecule has 1 nitrogen and oxygen atoms in total. The molecule has 0 saturated heterocycles. The van der Waals surface area contributed by atoms with Gasteiger partial charge in [0.25, 0.3) is 0 Å². The molecule has 1 aromatic rings. The van der Waals surface area contributed by atoms with Crippen molar-refractivity contribution in [1.82, 2.24) is 0 Å². The minimum Gasteiger partial charge on any atom is -0.327 e. The molecule has 0 amide bonds. The standard InChI is InChI=1S/C12H12ClF4N/c13-6-9(7-18)2-1-8-3-10(12(15,16)17)5-11(14)4-8/h3-6H,1-2,7,18H2/b9-6-. The first-order chi connectivity index (χ1) is 8.36. The SMILES string of the molecule is NC/C(=C\Cl)CCc1cc(F)cc(C(F)(F)F)c1. The Bertz CT molecular complexity index is 440. The summed E-state index contributed by atoms with van der Waals surface area (Å²) in [5.74, 6) is -0.899. The Hall–Kier alpha value is -1.07. The van der Waals surface area contributed by atoms with Crippen molar-refractivity contribution >= 4 is 11.6 Å². The molecule has 100 valence electrons. The zero-order valence-electron chi connectivity index (χ0n) is 9.40. The van der Waals surface area contributed by atoms with E-state index < -0.39 is 17.6 Å². The van der Waals surface area contributed by atoms with Crippen LogP contribution in [0.5, 0.6) is 0 Å². The number of alkyl halides is 3. The predicted molar refractivity (Wildman–Crippen MR) is 62.7 cm³/mol. The Labute approximate surface area is 107 Å². The third-order valence-corrected chi connectivity index (χ3v) is 2.74. The first-order valence-electron chi connectivity index (χ1n) is 5.21. The van der Waals surface area contributed by atoms with Gasteiger partial charge in [-0.2, -0.15) is 13.2 Å². The first-order valence-corrected chi connectivity index (χ1v) is 5.65. The van der Waals surface area contributed by atoms with Gasteiger partial charge in [-0.15, -0.1) is 0 Å². The summed E-state index contributed by atoms with van der Waals surface area (Å²) < 4.78 is 50.5. The van der Waals surface area contributed by atoms with Crippen molar-refractivity contribution in [3.63, 3.8) is 0 Å². The highest BCUT2D eigenvalue weighted by atomic mass is 35.5. The fourth-order valence-electron chi connectivity index (χ4n) is 1.46. The fraction of sp³-hybridized carbons (Fsp3) is 0.333. The number of rotatable bonds is 4. The van der Waals surface area contributed by atoms with Crippen LogP contribution < -0.4 is 5.73 Å². The second-order valence-corrected chi connectivity index (χ2v) is 4.04. The van der Waals surface area contributed by atoms with Crippen LogP contribution in [0.1, 0.15) is 17.5 Å². The molecule has 0 aliphatic heterocycles. The quantitative estimate of drug-likeness (QED) is 0.833. The monoisotopic (exact) mass is 281 g/mol. The zero-order chi connectivity index (χ0) is 13.8. The van der Waals surface area contributed by atoms with Crippen LogP contribution in [0, 0.1) is 5.82 Å². The molecule has 0 saturated carbocycles. The number of aryl methyl sites for hydroxylation is 1. The molecule has 0 bridgehead atoms. The molecule has 18 heavy (non-hydrogen) atoms. The molecule has 0 heterocycles. The highest BCUT2D eigenvalue weighted by Crippen LogP contribution is 2.30. The molecular weight excluding hydrogens is 270 g/mol. The molecule has 0 fully saturated rings. The van der Waals surface area contributed by atoms with Crippen LogP contribution in [0.3, 0.4) is 0 Å². The van der Waals surface area contributed by atoms with Crippen LogP contribution in [0.15, 0.2) is 29.3 Å². The van der Waals surface area contributed by atoms with Crippen LogP contribution in [0.2, 0.25) is 0 Å². The van der Waals surface area contributed by atoms with Gasteiger partial charge < -0.3 is 5.73 Å². The Kier molecular flexibility index (Phi) is 5.16. The summed E-state index contributed by atoms with van der Waals surface area (Å²) >= 11 is 5.47. The van der Waals surface area contributed by atoms with Crippen molar-refractivity contribution in [2.75, 3.05) is 6.54 Å². The van der Waals surface area contributed by atoms with E-state index in [1.807, 2.05) is 0 Å². The molecule has 0 aromatic heterocycles. The van der Waals surface area contributed by atoms with E-state index in [1.165, 1.54) is 5.54 Å². The van der Waals surface area contributed by atoms with Gasteiger partial charge in [0, 0.05) is 12.1 Å². The predicted octanol–water partition coefficient (Wildman–Crippen LogP) is 3.86. The molecule has 0 radical (unpaired) electrons. The Morgan fingerprint density at radius 3 is 2.44 bits per heavy atom. The van der Waals surface area contributed by atoms with Crippen LogP contribution in [-0.4, -0.2) is 6.54 Å². The number of halogens is 5. The molecule has 1 aromatic carbocycles. The molecular formula is C12H12ClF4N. The Morgan fingerprint density at radius 2 is 1.94 bits per heavy atom. The highest BCUT2D eigenvalue weighted by molar-refractivity contribution is 6.25. The maximum atomic E-state index is 13.1. The average Bonchev–Trinajstić information content (AvgIpc) is 2.28. The zero-order valence-corrected chi connectivity index (χ0v) is 10.2. The van der Waals surface area contributed by atoms with E-state index in [4.69, 9.17) is 17.3 Å². The third kappa shape index (κ3) is 4.31. The van der Waals surface area contributed by atoms with Gasteiger partial charge in [0.15, 0.2) is 0 Å². The summed E-state index contributed by atoms with van der Waals surface area (Å²) in [7, 11) is 0. The maximum absolute atomic E-state index is 13.1. The van der Waals surface area contributed by atoms with Gasteiger partial charge in [0.1, 0.15) is 5.82 Å². The Morgan fingerprint density at radius 1 is 1.28 bits per heavy atom. The second-order valence-electron chi connectivity index (χ2n) is 3.82. The van der Waals surface area contributed by atoms with Gasteiger partial charge in [0.05, 0.1) is 5.56 Å². The minimum atomic E-state index is -4.55. The van der Waals surface area contributed by atoms with E-state index >= 15 is 0 Å². The largest absolute Gasteiger partial charge is 0.416 e. The van der Waals surface area contributed by atoms with E-state index in [1.54, 1.807) is 0 Å².